The van der Waals surface area contributed by atoms with E-state index in [9.17, 15) is 0 Å². The molecule has 1 fully saturated rings. The van der Waals surface area contributed by atoms with E-state index in [-0.39, 0.29) is 0 Å². The maximum Gasteiger partial charge on any atom is 0.0907 e. The first kappa shape index (κ1) is 12.4. The van der Waals surface area contributed by atoms with Gasteiger partial charge in [0.1, 0.15) is 0 Å². The number of aromatic nitrogens is 2. The quantitative estimate of drug-likeness (QED) is 0.900. The van der Waals surface area contributed by atoms with E-state index in [1.807, 2.05) is 6.07 Å². The fourth-order valence-electron chi connectivity index (χ4n) is 3.08. The van der Waals surface area contributed by atoms with Crippen LogP contribution in [0.3, 0.4) is 0 Å². The maximum absolute atomic E-state index is 4.36. The van der Waals surface area contributed by atoms with E-state index in [1.165, 1.54) is 37.8 Å². The second-order valence-electron chi connectivity index (χ2n) is 5.54. The summed E-state index contributed by atoms with van der Waals surface area (Å²) in [5.41, 5.74) is 3.10. The monoisotopic (exact) mass is 255 g/mol. The Kier molecular flexibility index (Phi) is 3.62. The molecule has 1 aliphatic carbocycles. The number of rotatable bonds is 3. The molecule has 1 N–H and O–H groups in total. The van der Waals surface area contributed by atoms with Crippen molar-refractivity contribution in [2.24, 2.45) is 5.92 Å². The van der Waals surface area contributed by atoms with Crippen LogP contribution in [-0.4, -0.2) is 16.0 Å². The van der Waals surface area contributed by atoms with Gasteiger partial charge in [-0.15, -0.1) is 0 Å². The van der Waals surface area contributed by atoms with E-state index in [0.717, 1.165) is 17.0 Å². The van der Waals surface area contributed by atoms with Gasteiger partial charge in [0, 0.05) is 24.1 Å². The molecule has 0 spiro atoms. The summed E-state index contributed by atoms with van der Waals surface area (Å²) in [6.07, 6.45) is 10.1. The predicted octanol–water partition coefficient (Wildman–Crippen LogP) is 4.01. The number of anilines is 1. The second kappa shape index (κ2) is 5.55. The van der Waals surface area contributed by atoms with Crippen molar-refractivity contribution in [3.05, 3.63) is 30.6 Å². The van der Waals surface area contributed by atoms with Gasteiger partial charge in [-0.25, -0.2) is 0 Å². The first-order valence-corrected chi connectivity index (χ1v) is 7.32. The molecule has 3 heteroatoms. The number of fused-ring (bicyclic) bond motifs is 1. The third-order valence-electron chi connectivity index (χ3n) is 4.20. The lowest BCUT2D eigenvalue weighted by molar-refractivity contribution is 0.327. The average Bonchev–Trinajstić information content (AvgIpc) is 2.47. The first-order valence-electron chi connectivity index (χ1n) is 7.32. The maximum atomic E-state index is 4.36. The molecule has 0 radical (unpaired) electrons. The normalized spacial score (nSPS) is 23.4. The molecule has 2 unspecified atom stereocenters. The fraction of sp³-hybridized carbons (Fsp3) is 0.500. The second-order valence-corrected chi connectivity index (χ2v) is 5.54. The van der Waals surface area contributed by atoms with Crippen molar-refractivity contribution in [3.8, 4) is 0 Å². The summed E-state index contributed by atoms with van der Waals surface area (Å²) in [7, 11) is 0. The Hall–Kier alpha value is -1.64. The van der Waals surface area contributed by atoms with Crippen LogP contribution in [0.5, 0.6) is 0 Å². The van der Waals surface area contributed by atoms with Crippen molar-refractivity contribution in [1.29, 1.82) is 0 Å². The van der Waals surface area contributed by atoms with Gasteiger partial charge >= 0.3 is 0 Å². The average molecular weight is 255 g/mol. The zero-order valence-corrected chi connectivity index (χ0v) is 11.5. The molecule has 2 aromatic rings. The van der Waals surface area contributed by atoms with Crippen molar-refractivity contribution >= 4 is 16.7 Å². The zero-order chi connectivity index (χ0) is 13.1. The van der Waals surface area contributed by atoms with Crippen LogP contribution in [0.25, 0.3) is 11.0 Å². The molecule has 0 saturated heterocycles. The Morgan fingerprint density at radius 3 is 2.84 bits per heavy atom. The number of nitrogens with zero attached hydrogens (tertiary/aromatic N) is 2. The van der Waals surface area contributed by atoms with Gasteiger partial charge in [-0.3, -0.25) is 9.97 Å². The zero-order valence-electron chi connectivity index (χ0n) is 11.5. The molecule has 3 nitrogen and oxygen atoms in total. The molecule has 3 rings (SSSR count). The van der Waals surface area contributed by atoms with E-state index < -0.39 is 0 Å². The Morgan fingerprint density at radius 1 is 1.16 bits per heavy atom. The Bertz CT molecular complexity index is 552. The van der Waals surface area contributed by atoms with Crippen LogP contribution >= 0.6 is 0 Å². The van der Waals surface area contributed by atoms with Gasteiger partial charge in [-0.2, -0.15) is 0 Å². The van der Waals surface area contributed by atoms with Crippen molar-refractivity contribution in [2.75, 3.05) is 5.32 Å². The first-order chi connectivity index (χ1) is 9.35. The molecule has 1 aromatic heterocycles. The van der Waals surface area contributed by atoms with Crippen molar-refractivity contribution < 1.29 is 0 Å². The third-order valence-corrected chi connectivity index (χ3v) is 4.20. The summed E-state index contributed by atoms with van der Waals surface area (Å²) in [5, 5.41) is 3.67. The van der Waals surface area contributed by atoms with Crippen molar-refractivity contribution in [3.63, 3.8) is 0 Å². The van der Waals surface area contributed by atoms with Gasteiger partial charge < -0.3 is 5.32 Å². The summed E-state index contributed by atoms with van der Waals surface area (Å²) in [5.74, 6) is 0.895. The summed E-state index contributed by atoms with van der Waals surface area (Å²) < 4.78 is 0. The smallest absolute Gasteiger partial charge is 0.0907 e. The van der Waals surface area contributed by atoms with Crippen LogP contribution in [-0.2, 0) is 0 Å². The van der Waals surface area contributed by atoms with Gasteiger partial charge in [0.05, 0.1) is 11.0 Å². The fourth-order valence-corrected chi connectivity index (χ4v) is 3.08. The Balaban J connectivity index is 1.74. The highest BCUT2D eigenvalue weighted by Crippen LogP contribution is 2.29. The lowest BCUT2D eigenvalue weighted by atomic mass is 9.84. The molecule has 19 heavy (non-hydrogen) atoms. The van der Waals surface area contributed by atoms with E-state index >= 15 is 0 Å². The minimum Gasteiger partial charge on any atom is -0.382 e. The lowest BCUT2D eigenvalue weighted by Crippen LogP contribution is -2.27. The van der Waals surface area contributed by atoms with Crippen LogP contribution in [0.15, 0.2) is 30.6 Å². The van der Waals surface area contributed by atoms with Gasteiger partial charge in [0.2, 0.25) is 0 Å². The molecule has 0 amide bonds. The largest absolute Gasteiger partial charge is 0.382 e. The van der Waals surface area contributed by atoms with E-state index in [1.54, 1.807) is 12.4 Å². The van der Waals surface area contributed by atoms with E-state index in [2.05, 4.69) is 34.3 Å². The number of benzene rings is 1. The highest BCUT2D eigenvalue weighted by molar-refractivity contribution is 5.78. The molecule has 1 aliphatic rings. The lowest BCUT2D eigenvalue weighted by Gasteiger charge is -2.29. The number of hydrogen-bond donors (Lipinski definition) is 1. The highest BCUT2D eigenvalue weighted by Gasteiger charge is 2.20. The van der Waals surface area contributed by atoms with Crippen LogP contribution in [0.1, 0.15) is 39.0 Å². The number of hydrogen-bond acceptors (Lipinski definition) is 3. The third kappa shape index (κ3) is 2.86. The van der Waals surface area contributed by atoms with Crippen LogP contribution in [0.2, 0.25) is 0 Å². The molecular weight excluding hydrogens is 234 g/mol. The van der Waals surface area contributed by atoms with Crippen LogP contribution < -0.4 is 5.32 Å². The van der Waals surface area contributed by atoms with Gasteiger partial charge in [0.25, 0.3) is 0 Å². The van der Waals surface area contributed by atoms with Crippen molar-refractivity contribution in [1.82, 2.24) is 9.97 Å². The molecule has 2 atom stereocenters. The van der Waals surface area contributed by atoms with Crippen molar-refractivity contribution in [2.45, 2.75) is 45.1 Å². The van der Waals surface area contributed by atoms with Crippen LogP contribution in [0, 0.1) is 5.92 Å². The number of nitrogens with one attached hydrogen (secondary N) is 1. The highest BCUT2D eigenvalue weighted by atomic mass is 14.9. The molecule has 100 valence electrons. The minimum absolute atomic E-state index is 0.618. The Morgan fingerprint density at radius 2 is 2.00 bits per heavy atom. The molecule has 1 heterocycles. The summed E-state index contributed by atoms with van der Waals surface area (Å²) in [6, 6.07) is 6.89. The van der Waals surface area contributed by atoms with Crippen LogP contribution in [0.4, 0.5) is 5.69 Å². The molecule has 1 saturated carbocycles. The van der Waals surface area contributed by atoms with Gasteiger partial charge in [-0.05, 0) is 37.0 Å². The summed E-state index contributed by atoms with van der Waals surface area (Å²) in [4.78, 5) is 8.67. The topological polar surface area (TPSA) is 37.8 Å². The molecule has 1 aromatic carbocycles. The summed E-state index contributed by atoms with van der Waals surface area (Å²) >= 11 is 0. The van der Waals surface area contributed by atoms with E-state index in [0.29, 0.717) is 6.04 Å². The standard InChI is InChI=1S/C16H21N3/c1-2-12-4-3-5-13(10-12)19-14-6-7-15-16(11-14)18-9-8-17-15/h6-9,11-13,19H,2-5,10H2,1H3. The minimum atomic E-state index is 0.618. The summed E-state index contributed by atoms with van der Waals surface area (Å²) in [6.45, 7) is 2.30. The molecular formula is C16H21N3. The SMILES string of the molecule is CCC1CCCC(Nc2ccc3nccnc3c2)C1. The predicted molar refractivity (Wildman–Crippen MR) is 79.2 cm³/mol. The Labute approximate surface area is 114 Å². The molecule has 0 bridgehead atoms. The molecule has 0 aliphatic heterocycles. The van der Waals surface area contributed by atoms with E-state index in [4.69, 9.17) is 0 Å². The van der Waals surface area contributed by atoms with Gasteiger partial charge in [0.15, 0.2) is 0 Å². The van der Waals surface area contributed by atoms with Gasteiger partial charge in [-0.1, -0.05) is 26.2 Å².